The van der Waals surface area contributed by atoms with Gasteiger partial charge in [-0.15, -0.1) is 0 Å². The van der Waals surface area contributed by atoms with E-state index in [0.717, 1.165) is 0 Å². The minimum Gasteiger partial charge on any atom is -0.158 e. The van der Waals surface area contributed by atoms with Crippen LogP contribution >= 0.6 is 0 Å². The lowest BCUT2D eigenvalue weighted by molar-refractivity contribution is 0.587. The zero-order valence-corrected chi connectivity index (χ0v) is 11.0. The van der Waals surface area contributed by atoms with Crippen LogP contribution in [0.15, 0.2) is 12.3 Å². The fourth-order valence-corrected chi connectivity index (χ4v) is 2.46. The van der Waals surface area contributed by atoms with Crippen molar-refractivity contribution in [2.45, 2.75) is 51.9 Å². The number of hydrogen-bond acceptors (Lipinski definition) is 2. The quantitative estimate of drug-likeness (QED) is 0.751. The summed E-state index contributed by atoms with van der Waals surface area (Å²) in [7, 11) is 0. The average Bonchev–Trinajstić information content (AvgIpc) is 2.97. The molecular formula is C14H19N3. The molecule has 1 aliphatic rings. The van der Waals surface area contributed by atoms with Crippen molar-refractivity contribution in [2.75, 3.05) is 0 Å². The Balaban J connectivity index is 2.32. The van der Waals surface area contributed by atoms with Crippen molar-refractivity contribution in [3.8, 4) is 0 Å². The van der Waals surface area contributed by atoms with E-state index in [1.165, 1.54) is 35.2 Å². The maximum absolute atomic E-state index is 4.69. The Morgan fingerprint density at radius 3 is 2.59 bits per heavy atom. The van der Waals surface area contributed by atoms with Gasteiger partial charge in [-0.2, -0.15) is 14.8 Å². The van der Waals surface area contributed by atoms with Crippen molar-refractivity contribution < 1.29 is 0 Å². The van der Waals surface area contributed by atoms with Crippen LogP contribution in [0.1, 0.15) is 56.4 Å². The summed E-state index contributed by atoms with van der Waals surface area (Å²) in [6.07, 6.45) is 4.45. The van der Waals surface area contributed by atoms with Crippen LogP contribution in [0.25, 0.3) is 5.52 Å². The van der Waals surface area contributed by atoms with Crippen molar-refractivity contribution >= 4 is 5.52 Å². The zero-order valence-electron chi connectivity index (χ0n) is 11.0. The van der Waals surface area contributed by atoms with Crippen LogP contribution in [-0.2, 0) is 5.41 Å². The Kier molecular flexibility index (Phi) is 2.09. The minimum absolute atomic E-state index is 0.134. The molecule has 0 saturated heterocycles. The topological polar surface area (TPSA) is 30.2 Å². The standard InChI is InChI=1S/C14H19N3/c1-9-7-11-12(14(2,3)4)13(10-5-6-10)16-17(11)15-8-9/h7-8,10H,5-6H2,1-4H3. The highest BCUT2D eigenvalue weighted by Crippen LogP contribution is 2.44. The fraction of sp³-hybridized carbons (Fsp3) is 0.571. The molecule has 90 valence electrons. The van der Waals surface area contributed by atoms with Gasteiger partial charge in [0.2, 0.25) is 0 Å². The summed E-state index contributed by atoms with van der Waals surface area (Å²) in [6, 6.07) is 2.20. The largest absolute Gasteiger partial charge is 0.158 e. The molecule has 0 amide bonds. The first-order valence-electron chi connectivity index (χ1n) is 6.33. The highest BCUT2D eigenvalue weighted by atomic mass is 15.4. The summed E-state index contributed by atoms with van der Waals surface area (Å²) in [5, 5.41) is 9.08. The van der Waals surface area contributed by atoms with E-state index >= 15 is 0 Å². The lowest BCUT2D eigenvalue weighted by Gasteiger charge is -2.19. The van der Waals surface area contributed by atoms with E-state index in [2.05, 4.69) is 44.0 Å². The summed E-state index contributed by atoms with van der Waals surface area (Å²) in [4.78, 5) is 0. The lowest BCUT2D eigenvalue weighted by Crippen LogP contribution is -2.13. The number of hydrogen-bond donors (Lipinski definition) is 0. The molecule has 0 unspecified atom stereocenters. The molecule has 0 spiro atoms. The van der Waals surface area contributed by atoms with Crippen molar-refractivity contribution in [3.63, 3.8) is 0 Å². The summed E-state index contributed by atoms with van der Waals surface area (Å²) in [5.74, 6) is 0.672. The lowest BCUT2D eigenvalue weighted by atomic mass is 9.84. The molecule has 1 fully saturated rings. The third-order valence-electron chi connectivity index (χ3n) is 3.38. The van der Waals surface area contributed by atoms with Crippen LogP contribution in [0.5, 0.6) is 0 Å². The van der Waals surface area contributed by atoms with Gasteiger partial charge in [-0.1, -0.05) is 20.8 Å². The second-order valence-electron chi connectivity index (χ2n) is 6.19. The number of fused-ring (bicyclic) bond motifs is 1. The third kappa shape index (κ3) is 1.74. The molecule has 0 aromatic carbocycles. The Morgan fingerprint density at radius 2 is 2.00 bits per heavy atom. The summed E-state index contributed by atoms with van der Waals surface area (Å²) >= 11 is 0. The van der Waals surface area contributed by atoms with Gasteiger partial charge in [0.15, 0.2) is 0 Å². The first-order chi connectivity index (χ1) is 7.97. The molecule has 1 aliphatic carbocycles. The van der Waals surface area contributed by atoms with E-state index in [1.54, 1.807) is 4.63 Å². The molecule has 0 aliphatic heterocycles. The van der Waals surface area contributed by atoms with Gasteiger partial charge < -0.3 is 0 Å². The minimum atomic E-state index is 0.134. The number of nitrogens with zero attached hydrogens (tertiary/aromatic N) is 3. The highest BCUT2D eigenvalue weighted by molar-refractivity contribution is 5.60. The van der Waals surface area contributed by atoms with Crippen LogP contribution in [0.3, 0.4) is 0 Å². The molecule has 3 rings (SSSR count). The van der Waals surface area contributed by atoms with Crippen LogP contribution < -0.4 is 0 Å². The van der Waals surface area contributed by atoms with Crippen LogP contribution in [0.4, 0.5) is 0 Å². The average molecular weight is 229 g/mol. The molecule has 1 saturated carbocycles. The van der Waals surface area contributed by atoms with E-state index in [9.17, 15) is 0 Å². The monoisotopic (exact) mass is 229 g/mol. The predicted molar refractivity (Wildman–Crippen MR) is 68.4 cm³/mol. The maximum atomic E-state index is 4.69. The van der Waals surface area contributed by atoms with Crippen molar-refractivity contribution in [3.05, 3.63) is 29.1 Å². The van der Waals surface area contributed by atoms with Gasteiger partial charge in [-0.05, 0) is 36.8 Å². The SMILES string of the molecule is Cc1cnn2nc(C3CC3)c(C(C)(C)C)c2c1. The van der Waals surface area contributed by atoms with Crippen LogP contribution in [0, 0.1) is 6.92 Å². The Bertz CT molecular complexity index is 571. The Morgan fingerprint density at radius 1 is 1.29 bits per heavy atom. The van der Waals surface area contributed by atoms with E-state index in [0.29, 0.717) is 5.92 Å². The van der Waals surface area contributed by atoms with E-state index in [1.807, 2.05) is 6.20 Å². The van der Waals surface area contributed by atoms with Crippen molar-refractivity contribution in [1.29, 1.82) is 0 Å². The Hall–Kier alpha value is -1.38. The van der Waals surface area contributed by atoms with E-state index in [-0.39, 0.29) is 5.41 Å². The van der Waals surface area contributed by atoms with Gasteiger partial charge in [0.25, 0.3) is 0 Å². The highest BCUT2D eigenvalue weighted by Gasteiger charge is 2.34. The molecule has 17 heavy (non-hydrogen) atoms. The van der Waals surface area contributed by atoms with E-state index < -0.39 is 0 Å². The molecular weight excluding hydrogens is 210 g/mol. The molecule has 0 N–H and O–H groups in total. The molecule has 2 aromatic heterocycles. The number of aryl methyl sites for hydroxylation is 1. The molecule has 0 atom stereocenters. The molecule has 0 bridgehead atoms. The van der Waals surface area contributed by atoms with Crippen LogP contribution in [0.2, 0.25) is 0 Å². The molecule has 2 heterocycles. The second-order valence-corrected chi connectivity index (χ2v) is 6.19. The third-order valence-corrected chi connectivity index (χ3v) is 3.38. The molecule has 0 radical (unpaired) electrons. The van der Waals surface area contributed by atoms with Gasteiger partial charge in [0.1, 0.15) is 0 Å². The molecule has 2 aromatic rings. The fourth-order valence-electron chi connectivity index (χ4n) is 2.46. The maximum Gasteiger partial charge on any atom is 0.0916 e. The predicted octanol–water partition coefficient (Wildman–Crippen LogP) is 3.21. The smallest absolute Gasteiger partial charge is 0.0916 e. The van der Waals surface area contributed by atoms with Gasteiger partial charge in [-0.25, -0.2) is 0 Å². The van der Waals surface area contributed by atoms with Crippen molar-refractivity contribution in [1.82, 2.24) is 14.8 Å². The number of rotatable bonds is 1. The second kappa shape index (κ2) is 3.31. The van der Waals surface area contributed by atoms with E-state index in [4.69, 9.17) is 0 Å². The van der Waals surface area contributed by atoms with Crippen LogP contribution in [-0.4, -0.2) is 14.8 Å². The first kappa shape index (κ1) is 10.8. The first-order valence-corrected chi connectivity index (χ1v) is 6.33. The summed E-state index contributed by atoms with van der Waals surface area (Å²) in [5.41, 5.74) is 5.17. The number of aromatic nitrogens is 3. The van der Waals surface area contributed by atoms with Crippen molar-refractivity contribution in [2.24, 2.45) is 0 Å². The van der Waals surface area contributed by atoms with Gasteiger partial charge >= 0.3 is 0 Å². The Labute approximate surface area is 102 Å². The summed E-state index contributed by atoms with van der Waals surface area (Å²) in [6.45, 7) is 8.87. The molecule has 3 heteroatoms. The normalized spacial score (nSPS) is 16.7. The van der Waals surface area contributed by atoms with Gasteiger partial charge in [-0.3, -0.25) is 0 Å². The zero-order chi connectivity index (χ0) is 12.2. The van der Waals surface area contributed by atoms with Gasteiger partial charge in [0.05, 0.1) is 17.4 Å². The molecule has 3 nitrogen and oxygen atoms in total. The summed E-state index contributed by atoms with van der Waals surface area (Å²) < 4.78 is 1.81. The van der Waals surface area contributed by atoms with Gasteiger partial charge in [0, 0.05) is 11.5 Å².